The van der Waals surface area contributed by atoms with Gasteiger partial charge in [-0.2, -0.15) is 0 Å². The molecule has 124 valence electrons. The number of ether oxygens (including phenoxy) is 2. The number of rotatable bonds is 4. The van der Waals surface area contributed by atoms with Gasteiger partial charge in [-0.1, -0.05) is 60.2 Å². The maximum absolute atomic E-state index is 12.4. The number of carbonyl (C=O) groups excluding carboxylic acids is 2. The highest BCUT2D eigenvalue weighted by Gasteiger charge is 2.58. The third kappa shape index (κ3) is 2.68. The largest absolute Gasteiger partial charge is 0.336 e. The van der Waals surface area contributed by atoms with Gasteiger partial charge in [0.05, 0.1) is 0 Å². The zero-order chi connectivity index (χ0) is 17.3. The lowest BCUT2D eigenvalue weighted by atomic mass is 9.84. The van der Waals surface area contributed by atoms with Crippen LogP contribution >= 0.6 is 0 Å². The van der Waals surface area contributed by atoms with Crippen molar-refractivity contribution in [2.24, 2.45) is 0 Å². The lowest BCUT2D eigenvalue weighted by Gasteiger charge is -2.27. The van der Waals surface area contributed by atoms with E-state index in [1.807, 2.05) is 61.5 Å². The van der Waals surface area contributed by atoms with Crippen LogP contribution in [0.15, 0.2) is 54.6 Å². The van der Waals surface area contributed by atoms with Crippen molar-refractivity contribution in [2.75, 3.05) is 0 Å². The van der Waals surface area contributed by atoms with Crippen molar-refractivity contribution in [3.63, 3.8) is 0 Å². The van der Waals surface area contributed by atoms with Gasteiger partial charge < -0.3 is 9.47 Å². The molecule has 4 heteroatoms. The summed E-state index contributed by atoms with van der Waals surface area (Å²) in [7, 11) is 0. The number of carbonyl (C=O) groups is 2. The Morgan fingerprint density at radius 3 is 2.00 bits per heavy atom. The van der Waals surface area contributed by atoms with Crippen LogP contribution in [0, 0.1) is 6.92 Å². The van der Waals surface area contributed by atoms with Crippen LogP contribution < -0.4 is 0 Å². The summed E-state index contributed by atoms with van der Waals surface area (Å²) in [5, 5.41) is 0. The number of hydrogen-bond acceptors (Lipinski definition) is 4. The predicted octanol–water partition coefficient (Wildman–Crippen LogP) is 3.70. The van der Waals surface area contributed by atoms with Gasteiger partial charge in [-0.25, -0.2) is 0 Å². The highest BCUT2D eigenvalue weighted by Crippen LogP contribution is 2.47. The third-order valence-corrected chi connectivity index (χ3v) is 4.42. The van der Waals surface area contributed by atoms with Gasteiger partial charge in [0.25, 0.3) is 0 Å². The Hall–Kier alpha value is -2.30. The first-order chi connectivity index (χ1) is 11.4. The molecule has 0 N–H and O–H groups in total. The van der Waals surface area contributed by atoms with Gasteiger partial charge in [-0.15, -0.1) is 0 Å². The van der Waals surface area contributed by atoms with Gasteiger partial charge in [-0.05, 0) is 26.3 Å². The van der Waals surface area contributed by atoms with E-state index in [1.54, 1.807) is 0 Å². The van der Waals surface area contributed by atoms with E-state index in [-0.39, 0.29) is 11.6 Å². The monoisotopic (exact) mass is 324 g/mol. The minimum absolute atomic E-state index is 0.348. The van der Waals surface area contributed by atoms with Crippen LogP contribution in [-0.2, 0) is 19.1 Å². The normalized spacial score (nSPS) is 22.3. The molecule has 0 saturated carbocycles. The molecule has 1 aliphatic heterocycles. The minimum Gasteiger partial charge on any atom is -0.336 e. The van der Waals surface area contributed by atoms with E-state index in [0.717, 1.165) is 16.7 Å². The van der Waals surface area contributed by atoms with E-state index in [0.29, 0.717) is 0 Å². The molecule has 1 saturated heterocycles. The zero-order valence-corrected chi connectivity index (χ0v) is 14.0. The molecule has 4 nitrogen and oxygen atoms in total. The fraction of sp³-hybridized carbons (Fsp3) is 0.300. The Balaban J connectivity index is 2.07. The van der Waals surface area contributed by atoms with Crippen LogP contribution in [0.25, 0.3) is 0 Å². The van der Waals surface area contributed by atoms with Gasteiger partial charge in [0.2, 0.25) is 5.60 Å². The molecule has 2 aromatic rings. The Morgan fingerprint density at radius 1 is 0.875 bits per heavy atom. The van der Waals surface area contributed by atoms with Gasteiger partial charge in [0, 0.05) is 5.56 Å². The fourth-order valence-corrected chi connectivity index (χ4v) is 3.07. The molecule has 1 heterocycles. The summed E-state index contributed by atoms with van der Waals surface area (Å²) in [6.45, 7) is 4.73. The molecule has 3 rings (SSSR count). The molecular formula is C20H20O4. The summed E-state index contributed by atoms with van der Waals surface area (Å²) in [6, 6.07) is 16.9. The summed E-state index contributed by atoms with van der Waals surface area (Å²) >= 11 is 0. The molecule has 0 aliphatic carbocycles. The van der Waals surface area contributed by atoms with Crippen molar-refractivity contribution in [3.8, 4) is 0 Å². The summed E-state index contributed by atoms with van der Waals surface area (Å²) in [5.74, 6) is -0.696. The molecule has 1 aliphatic rings. The molecule has 2 aromatic carbocycles. The number of hydrogen-bond donors (Lipinski definition) is 0. The van der Waals surface area contributed by atoms with Crippen molar-refractivity contribution in [1.82, 2.24) is 0 Å². The predicted molar refractivity (Wildman–Crippen MR) is 89.4 cm³/mol. The molecular weight excluding hydrogens is 304 g/mol. The van der Waals surface area contributed by atoms with Crippen molar-refractivity contribution in [3.05, 3.63) is 71.3 Å². The smallest absolute Gasteiger partial charge is 0.217 e. The van der Waals surface area contributed by atoms with Gasteiger partial charge in [0.1, 0.15) is 6.10 Å². The summed E-state index contributed by atoms with van der Waals surface area (Å²) in [4.78, 5) is 24.8. The minimum atomic E-state index is -1.62. The van der Waals surface area contributed by atoms with E-state index in [4.69, 9.17) is 9.47 Å². The Bertz CT molecular complexity index is 735. The molecule has 0 radical (unpaired) electrons. The summed E-state index contributed by atoms with van der Waals surface area (Å²) < 4.78 is 12.0. The molecule has 0 amide bonds. The molecule has 0 bridgehead atoms. The molecule has 2 atom stereocenters. The standard InChI is InChI=1S/C20H20O4/c1-13-9-11-16(12-10-13)18-20(14(2)21,15(3)22)24-19(23-18)17-7-5-4-6-8-17/h4-12,18-19H,1-3H3/t18-,19-/m1/s1. The van der Waals surface area contributed by atoms with E-state index >= 15 is 0 Å². The zero-order valence-electron chi connectivity index (χ0n) is 14.0. The van der Waals surface area contributed by atoms with Crippen molar-refractivity contribution < 1.29 is 19.1 Å². The number of aryl methyl sites for hydroxylation is 1. The number of Topliss-reactive ketones (excluding diaryl/α,β-unsaturated/α-hetero) is 2. The van der Waals surface area contributed by atoms with Gasteiger partial charge in [-0.3, -0.25) is 9.59 Å². The summed E-state index contributed by atoms with van der Waals surface area (Å²) in [6.07, 6.45) is -1.52. The molecule has 0 aromatic heterocycles. The number of ketones is 2. The van der Waals surface area contributed by atoms with Crippen LogP contribution in [0.5, 0.6) is 0 Å². The lowest BCUT2D eigenvalue weighted by molar-refractivity contribution is -0.157. The Morgan fingerprint density at radius 2 is 1.46 bits per heavy atom. The van der Waals surface area contributed by atoms with Crippen molar-refractivity contribution in [2.45, 2.75) is 38.8 Å². The van der Waals surface area contributed by atoms with Crippen LogP contribution in [0.4, 0.5) is 0 Å². The maximum atomic E-state index is 12.4. The van der Waals surface area contributed by atoms with Crippen LogP contribution in [-0.4, -0.2) is 17.2 Å². The van der Waals surface area contributed by atoms with Crippen LogP contribution in [0.2, 0.25) is 0 Å². The first-order valence-electron chi connectivity index (χ1n) is 7.92. The molecule has 0 unspecified atom stereocenters. The average Bonchev–Trinajstić information content (AvgIpc) is 2.98. The second-order valence-corrected chi connectivity index (χ2v) is 6.14. The Labute approximate surface area is 141 Å². The quantitative estimate of drug-likeness (QED) is 0.805. The van der Waals surface area contributed by atoms with Gasteiger partial charge in [0.15, 0.2) is 17.9 Å². The number of benzene rings is 2. The molecule has 0 spiro atoms. The molecule has 24 heavy (non-hydrogen) atoms. The lowest BCUT2D eigenvalue weighted by Crippen LogP contribution is -2.48. The highest BCUT2D eigenvalue weighted by atomic mass is 16.7. The first kappa shape index (κ1) is 16.6. The van der Waals surface area contributed by atoms with Gasteiger partial charge >= 0.3 is 0 Å². The third-order valence-electron chi connectivity index (χ3n) is 4.42. The summed E-state index contributed by atoms with van der Waals surface area (Å²) in [5.41, 5.74) is 1.01. The topological polar surface area (TPSA) is 52.6 Å². The van der Waals surface area contributed by atoms with Crippen molar-refractivity contribution in [1.29, 1.82) is 0 Å². The second-order valence-electron chi connectivity index (χ2n) is 6.14. The van der Waals surface area contributed by atoms with E-state index in [1.165, 1.54) is 13.8 Å². The van der Waals surface area contributed by atoms with Crippen LogP contribution in [0.1, 0.15) is 42.9 Å². The Kier molecular flexibility index (Phi) is 4.35. The highest BCUT2D eigenvalue weighted by molar-refractivity contribution is 6.09. The van der Waals surface area contributed by atoms with E-state index in [9.17, 15) is 9.59 Å². The second kappa shape index (κ2) is 6.30. The van der Waals surface area contributed by atoms with E-state index < -0.39 is 18.0 Å². The SMILES string of the molecule is CC(=O)C1(C(C)=O)O[C@H](c2ccccc2)O[C@@H]1c1ccc(C)cc1. The maximum Gasteiger partial charge on any atom is 0.217 e. The first-order valence-corrected chi connectivity index (χ1v) is 7.92. The van der Waals surface area contributed by atoms with Crippen LogP contribution in [0.3, 0.4) is 0 Å². The van der Waals surface area contributed by atoms with E-state index in [2.05, 4.69) is 0 Å². The van der Waals surface area contributed by atoms with Crippen molar-refractivity contribution >= 4 is 11.6 Å². The fourth-order valence-electron chi connectivity index (χ4n) is 3.07. The average molecular weight is 324 g/mol. The molecule has 1 fully saturated rings.